The maximum absolute atomic E-state index is 12.3. The molecule has 0 aliphatic carbocycles. The monoisotopic (exact) mass is 528 g/mol. The van der Waals surface area contributed by atoms with Gasteiger partial charge in [0.25, 0.3) is 0 Å². The molecule has 0 heterocycles. The Balaban J connectivity index is 0.000000213. The highest BCUT2D eigenvalue weighted by Gasteiger charge is 2.23. The summed E-state index contributed by atoms with van der Waals surface area (Å²) in [4.78, 5) is -0.925. The number of hydrogen-bond donors (Lipinski definition) is 10. The lowest BCUT2D eigenvalue weighted by molar-refractivity contribution is 0.451. The summed E-state index contributed by atoms with van der Waals surface area (Å²) >= 11 is 0. The van der Waals surface area contributed by atoms with Crippen LogP contribution in [-0.4, -0.2) is 39.1 Å². The van der Waals surface area contributed by atoms with Crippen LogP contribution in [0, 0.1) is 0 Å². The molecule has 0 radical (unpaired) electrons. The van der Waals surface area contributed by atoms with Gasteiger partial charge in [-0.15, -0.1) is 0 Å². The Labute approximate surface area is 210 Å². The molecule has 0 aliphatic heterocycles. The lowest BCUT2D eigenvalue weighted by Crippen LogP contribution is -2.03. The van der Waals surface area contributed by atoms with Crippen LogP contribution in [0.5, 0.6) is 34.5 Å². The van der Waals surface area contributed by atoms with Crippen LogP contribution >= 0.6 is 0 Å². The molecule has 0 bridgehead atoms. The summed E-state index contributed by atoms with van der Waals surface area (Å²) in [6.07, 6.45) is 0. The van der Waals surface area contributed by atoms with Gasteiger partial charge in [-0.2, -0.15) is 0 Å². The minimum absolute atomic E-state index is 0.0221. The Morgan fingerprint density at radius 1 is 0.459 bits per heavy atom. The van der Waals surface area contributed by atoms with Gasteiger partial charge in [0.05, 0.1) is 21.2 Å². The number of aromatic hydroxyl groups is 6. The Kier molecular flexibility index (Phi) is 7.02. The minimum atomic E-state index is -4.21. The van der Waals surface area contributed by atoms with Crippen LogP contribution in [0.15, 0.2) is 70.5 Å². The van der Waals surface area contributed by atoms with E-state index in [1.54, 1.807) is 36.4 Å². The topological polar surface area (TPSA) is 260 Å². The van der Waals surface area contributed by atoms with E-state index in [1.807, 2.05) is 0 Å². The number of benzene rings is 4. The van der Waals surface area contributed by atoms with E-state index in [-0.39, 0.29) is 22.9 Å². The van der Waals surface area contributed by atoms with Gasteiger partial charge in [-0.1, -0.05) is 12.1 Å². The molecule has 0 spiro atoms. The SMILES string of the molecule is Nc1c(O)cc(S(=O)(=O)c2cc(O)c(N)c(O)c2)cc1O.Nc1ccc(-c2ccc(N)c(O)c2)cc1O. The van der Waals surface area contributed by atoms with Gasteiger partial charge in [0.15, 0.2) is 0 Å². The minimum Gasteiger partial charge on any atom is -0.506 e. The van der Waals surface area contributed by atoms with Crippen LogP contribution in [0.3, 0.4) is 0 Å². The van der Waals surface area contributed by atoms with E-state index in [0.29, 0.717) is 11.4 Å². The van der Waals surface area contributed by atoms with Crippen molar-refractivity contribution < 1.29 is 39.1 Å². The molecule has 0 aromatic heterocycles. The molecular formula is C24H24N4O8S. The predicted octanol–water partition coefficient (Wildman–Crippen LogP) is 2.44. The van der Waals surface area contributed by atoms with E-state index in [2.05, 4.69) is 0 Å². The number of phenols is 6. The van der Waals surface area contributed by atoms with Gasteiger partial charge >= 0.3 is 0 Å². The summed E-state index contributed by atoms with van der Waals surface area (Å²) in [5.41, 5.74) is 23.1. The molecule has 4 rings (SSSR count). The number of nitrogens with two attached hydrogens (primary N) is 4. The van der Waals surface area contributed by atoms with Gasteiger partial charge < -0.3 is 53.6 Å². The second kappa shape index (κ2) is 9.83. The van der Waals surface area contributed by atoms with E-state index in [0.717, 1.165) is 35.4 Å². The molecule has 14 N–H and O–H groups in total. The van der Waals surface area contributed by atoms with Gasteiger partial charge in [0, 0.05) is 24.3 Å². The number of anilines is 4. The number of hydrogen-bond acceptors (Lipinski definition) is 12. The highest BCUT2D eigenvalue weighted by Crippen LogP contribution is 2.38. The van der Waals surface area contributed by atoms with Crippen molar-refractivity contribution in [2.45, 2.75) is 9.79 Å². The van der Waals surface area contributed by atoms with Gasteiger partial charge in [-0.05, 0) is 35.4 Å². The van der Waals surface area contributed by atoms with Crippen molar-refractivity contribution in [1.82, 2.24) is 0 Å². The second-order valence-corrected chi connectivity index (χ2v) is 9.75. The Bertz CT molecular complexity index is 1450. The molecule has 0 fully saturated rings. The third kappa shape index (κ3) is 5.41. The first-order valence-electron chi connectivity index (χ1n) is 10.3. The normalized spacial score (nSPS) is 10.9. The van der Waals surface area contributed by atoms with Crippen LogP contribution in [0.25, 0.3) is 11.1 Å². The third-order valence-electron chi connectivity index (χ3n) is 5.23. The van der Waals surface area contributed by atoms with Gasteiger partial charge in [0.2, 0.25) is 9.84 Å². The predicted molar refractivity (Wildman–Crippen MR) is 138 cm³/mol. The molecular weight excluding hydrogens is 504 g/mol. The molecule has 4 aromatic rings. The second-order valence-electron chi connectivity index (χ2n) is 7.80. The van der Waals surface area contributed by atoms with Crippen LogP contribution < -0.4 is 22.9 Å². The summed E-state index contributed by atoms with van der Waals surface area (Å²) in [6.45, 7) is 0. The maximum atomic E-state index is 12.3. The lowest BCUT2D eigenvalue weighted by atomic mass is 10.0. The molecule has 194 valence electrons. The van der Waals surface area contributed by atoms with Crippen LogP contribution in [0.1, 0.15) is 0 Å². The zero-order chi connectivity index (χ0) is 27.7. The van der Waals surface area contributed by atoms with Gasteiger partial charge in [-0.25, -0.2) is 8.42 Å². The van der Waals surface area contributed by atoms with Crippen molar-refractivity contribution >= 4 is 32.6 Å². The number of rotatable bonds is 3. The molecule has 0 saturated carbocycles. The van der Waals surface area contributed by atoms with Crippen LogP contribution in [0.2, 0.25) is 0 Å². The average molecular weight is 529 g/mol. The molecule has 37 heavy (non-hydrogen) atoms. The first kappa shape index (κ1) is 26.4. The van der Waals surface area contributed by atoms with Crippen molar-refractivity contribution in [2.24, 2.45) is 0 Å². The first-order chi connectivity index (χ1) is 17.2. The van der Waals surface area contributed by atoms with Crippen LogP contribution in [-0.2, 0) is 9.84 Å². The third-order valence-corrected chi connectivity index (χ3v) is 6.95. The largest absolute Gasteiger partial charge is 0.506 e. The quantitative estimate of drug-likeness (QED) is 0.136. The van der Waals surface area contributed by atoms with Crippen molar-refractivity contribution in [2.75, 3.05) is 22.9 Å². The number of nitrogen functional groups attached to an aromatic ring is 4. The van der Waals surface area contributed by atoms with E-state index >= 15 is 0 Å². The fourth-order valence-corrected chi connectivity index (χ4v) is 4.43. The zero-order valence-electron chi connectivity index (χ0n) is 19.0. The molecule has 12 nitrogen and oxygen atoms in total. The molecule has 0 aliphatic rings. The smallest absolute Gasteiger partial charge is 0.207 e. The molecule has 4 aromatic carbocycles. The number of phenolic OH excluding ortho intramolecular Hbond substituents is 6. The highest BCUT2D eigenvalue weighted by atomic mass is 32.2. The van der Waals surface area contributed by atoms with Crippen LogP contribution in [0.4, 0.5) is 22.7 Å². The van der Waals surface area contributed by atoms with Crippen molar-refractivity contribution in [3.8, 4) is 45.6 Å². The van der Waals surface area contributed by atoms with E-state index in [4.69, 9.17) is 22.9 Å². The van der Waals surface area contributed by atoms with E-state index < -0.39 is 42.6 Å². The summed E-state index contributed by atoms with van der Waals surface area (Å²) in [6, 6.07) is 13.2. The highest BCUT2D eigenvalue weighted by molar-refractivity contribution is 7.91. The Hall–Kier alpha value is -5.17. The standard InChI is InChI=1S/C12H12N2O6S.C12H12N2O2/c13-11-7(15)1-5(2-8(11)16)21(19,20)6-3-9(17)12(14)10(18)4-6;13-9-3-1-7(5-11(9)15)8-2-4-10(14)12(16)6-8/h1-4,15-18H,13-14H2;1-6,15-16H,13-14H2. The lowest BCUT2D eigenvalue weighted by Gasteiger charge is -2.10. The maximum Gasteiger partial charge on any atom is 0.207 e. The van der Waals surface area contributed by atoms with Gasteiger partial charge in [0.1, 0.15) is 45.9 Å². The average Bonchev–Trinajstić information content (AvgIpc) is 2.84. The first-order valence-corrected chi connectivity index (χ1v) is 11.8. The molecule has 0 atom stereocenters. The van der Waals surface area contributed by atoms with E-state index in [1.165, 1.54) is 0 Å². The summed E-state index contributed by atoms with van der Waals surface area (Å²) < 4.78 is 24.7. The fourth-order valence-electron chi connectivity index (χ4n) is 3.09. The molecule has 0 amide bonds. The summed E-state index contributed by atoms with van der Waals surface area (Å²) in [7, 11) is -4.21. The number of sulfone groups is 1. The zero-order valence-corrected chi connectivity index (χ0v) is 19.8. The Morgan fingerprint density at radius 2 is 0.757 bits per heavy atom. The molecule has 13 heteroatoms. The van der Waals surface area contributed by atoms with Gasteiger partial charge in [-0.3, -0.25) is 0 Å². The Morgan fingerprint density at radius 3 is 1.03 bits per heavy atom. The van der Waals surface area contributed by atoms with Crippen molar-refractivity contribution in [3.05, 3.63) is 60.7 Å². The van der Waals surface area contributed by atoms with E-state index in [9.17, 15) is 39.1 Å². The fraction of sp³-hybridized carbons (Fsp3) is 0. The van der Waals surface area contributed by atoms with Crippen molar-refractivity contribution in [3.63, 3.8) is 0 Å². The van der Waals surface area contributed by atoms with Crippen molar-refractivity contribution in [1.29, 1.82) is 0 Å². The summed E-state index contributed by atoms with van der Waals surface area (Å²) in [5.74, 6) is -2.41. The molecule has 0 saturated heterocycles. The summed E-state index contributed by atoms with van der Waals surface area (Å²) in [5, 5.41) is 56.9. The molecule has 0 unspecified atom stereocenters.